The van der Waals surface area contributed by atoms with Crippen molar-refractivity contribution in [1.82, 2.24) is 9.97 Å². The number of hydrogen-bond acceptors (Lipinski definition) is 3. The van der Waals surface area contributed by atoms with E-state index in [0.717, 1.165) is 42.2 Å². The molecule has 2 heterocycles. The highest BCUT2D eigenvalue weighted by Crippen LogP contribution is 2.20. The third-order valence-corrected chi connectivity index (χ3v) is 2.62. The first-order chi connectivity index (χ1) is 7.79. The second-order valence-electron chi connectivity index (χ2n) is 4.10. The van der Waals surface area contributed by atoms with Gasteiger partial charge in [-0.15, -0.1) is 0 Å². The summed E-state index contributed by atoms with van der Waals surface area (Å²) in [4.78, 5) is 13.3. The number of nitrogens with zero attached hydrogens (tertiary/aromatic N) is 3. The first-order valence-corrected chi connectivity index (χ1v) is 5.86. The normalized spacial score (nSPS) is 14.9. The minimum Gasteiger partial charge on any atom is -0.256 e. The Morgan fingerprint density at radius 3 is 2.94 bits per heavy atom. The van der Waals surface area contributed by atoms with E-state index in [9.17, 15) is 0 Å². The van der Waals surface area contributed by atoms with Gasteiger partial charge in [0.05, 0.1) is 11.4 Å². The van der Waals surface area contributed by atoms with Crippen LogP contribution in [0.3, 0.4) is 0 Å². The maximum absolute atomic E-state index is 4.54. The number of hydrogen-bond donors (Lipinski definition) is 0. The van der Waals surface area contributed by atoms with Crippen molar-refractivity contribution < 1.29 is 0 Å². The van der Waals surface area contributed by atoms with Crippen LogP contribution < -0.4 is 0 Å². The summed E-state index contributed by atoms with van der Waals surface area (Å²) in [5, 5.41) is 0. The molecule has 2 rings (SSSR count). The van der Waals surface area contributed by atoms with E-state index in [-0.39, 0.29) is 0 Å². The van der Waals surface area contributed by atoms with Gasteiger partial charge in [0, 0.05) is 24.8 Å². The van der Waals surface area contributed by atoms with Gasteiger partial charge in [0.25, 0.3) is 0 Å². The summed E-state index contributed by atoms with van der Waals surface area (Å²) in [6, 6.07) is 1.93. The van der Waals surface area contributed by atoms with Crippen LogP contribution in [0.5, 0.6) is 0 Å². The van der Waals surface area contributed by atoms with E-state index in [1.807, 2.05) is 19.2 Å². The molecule has 0 N–H and O–H groups in total. The highest BCUT2D eigenvalue weighted by Gasteiger charge is 2.09. The van der Waals surface area contributed by atoms with Crippen LogP contribution in [0.2, 0.25) is 0 Å². The lowest BCUT2D eigenvalue weighted by Crippen LogP contribution is -1.97. The topological polar surface area (TPSA) is 38.1 Å². The largest absolute Gasteiger partial charge is 0.256 e. The maximum Gasteiger partial charge on any atom is 0.129 e. The average molecular weight is 215 g/mol. The van der Waals surface area contributed by atoms with Crippen molar-refractivity contribution in [3.05, 3.63) is 29.9 Å². The summed E-state index contributed by atoms with van der Waals surface area (Å²) in [5.41, 5.74) is 3.11. The summed E-state index contributed by atoms with van der Waals surface area (Å²) in [7, 11) is 0. The van der Waals surface area contributed by atoms with E-state index >= 15 is 0 Å². The Hall–Kier alpha value is -1.51. The smallest absolute Gasteiger partial charge is 0.129 e. The second kappa shape index (κ2) is 5.01. The van der Waals surface area contributed by atoms with Gasteiger partial charge < -0.3 is 0 Å². The summed E-state index contributed by atoms with van der Waals surface area (Å²) >= 11 is 0. The fraction of sp³-hybridized carbons (Fsp3) is 0.462. The van der Waals surface area contributed by atoms with E-state index in [2.05, 4.69) is 28.0 Å². The minimum absolute atomic E-state index is 0.931. The van der Waals surface area contributed by atoms with Gasteiger partial charge >= 0.3 is 0 Å². The zero-order valence-corrected chi connectivity index (χ0v) is 9.90. The van der Waals surface area contributed by atoms with Crippen molar-refractivity contribution in [1.29, 1.82) is 0 Å². The Bertz CT molecular complexity index is 433. The van der Waals surface area contributed by atoms with E-state index in [4.69, 9.17) is 0 Å². The first kappa shape index (κ1) is 11.0. The Morgan fingerprint density at radius 1 is 1.38 bits per heavy atom. The van der Waals surface area contributed by atoms with Crippen LogP contribution in [-0.4, -0.2) is 15.7 Å². The molecule has 0 radical (unpaired) electrons. The van der Waals surface area contributed by atoms with Crippen molar-refractivity contribution in [3.8, 4) is 0 Å². The molecule has 1 aromatic rings. The number of rotatable bonds is 4. The molecular weight excluding hydrogens is 198 g/mol. The van der Waals surface area contributed by atoms with Crippen molar-refractivity contribution in [2.24, 2.45) is 4.99 Å². The highest BCUT2D eigenvalue weighted by molar-refractivity contribution is 5.93. The van der Waals surface area contributed by atoms with Crippen LogP contribution in [0.15, 0.2) is 23.3 Å². The van der Waals surface area contributed by atoms with Crippen LogP contribution in [0.4, 0.5) is 0 Å². The van der Waals surface area contributed by atoms with Gasteiger partial charge in [0.1, 0.15) is 5.82 Å². The molecule has 0 atom stereocenters. The summed E-state index contributed by atoms with van der Waals surface area (Å²) in [5.74, 6) is 0.931. The van der Waals surface area contributed by atoms with E-state index < -0.39 is 0 Å². The Kier molecular flexibility index (Phi) is 3.44. The standard InChI is InChI=1S/C13H17N3/c1-3-4-5-13-14-9-8-12(16-13)11-7-6-10(2)15-11/h7-9H,3-6H2,1-2H3. The van der Waals surface area contributed by atoms with E-state index in [1.54, 1.807) is 0 Å². The molecule has 0 bridgehead atoms. The van der Waals surface area contributed by atoms with Crippen molar-refractivity contribution in [3.63, 3.8) is 0 Å². The molecule has 0 unspecified atom stereocenters. The van der Waals surface area contributed by atoms with Crippen LogP contribution in [0, 0.1) is 0 Å². The van der Waals surface area contributed by atoms with Gasteiger partial charge in [-0.05, 0) is 19.4 Å². The number of aromatic nitrogens is 2. The predicted molar refractivity (Wildman–Crippen MR) is 66.3 cm³/mol. The van der Waals surface area contributed by atoms with Crippen molar-refractivity contribution in [2.75, 3.05) is 0 Å². The fourth-order valence-electron chi connectivity index (χ4n) is 1.70. The van der Waals surface area contributed by atoms with Gasteiger partial charge in [-0.3, -0.25) is 4.99 Å². The van der Waals surface area contributed by atoms with E-state index in [1.165, 1.54) is 6.42 Å². The molecule has 1 aliphatic rings. The molecule has 3 nitrogen and oxygen atoms in total. The lowest BCUT2D eigenvalue weighted by atomic mass is 10.2. The summed E-state index contributed by atoms with van der Waals surface area (Å²) in [6.07, 6.45) is 8.18. The Labute approximate surface area is 96.4 Å². The van der Waals surface area contributed by atoms with E-state index in [0.29, 0.717) is 0 Å². The Balaban J connectivity index is 2.16. The molecule has 0 saturated carbocycles. The molecule has 0 spiro atoms. The monoisotopic (exact) mass is 215 g/mol. The van der Waals surface area contributed by atoms with Gasteiger partial charge in [0.2, 0.25) is 0 Å². The Morgan fingerprint density at radius 2 is 2.25 bits per heavy atom. The molecule has 0 amide bonds. The summed E-state index contributed by atoms with van der Waals surface area (Å²) < 4.78 is 0. The first-order valence-electron chi connectivity index (χ1n) is 5.86. The van der Waals surface area contributed by atoms with Gasteiger partial charge in [-0.1, -0.05) is 19.4 Å². The molecule has 16 heavy (non-hydrogen) atoms. The van der Waals surface area contributed by atoms with Crippen molar-refractivity contribution >= 4 is 11.4 Å². The second-order valence-corrected chi connectivity index (χ2v) is 4.10. The minimum atomic E-state index is 0.931. The summed E-state index contributed by atoms with van der Waals surface area (Å²) in [6.45, 7) is 4.22. The lowest BCUT2D eigenvalue weighted by Gasteiger charge is -2.02. The molecular formula is C13H17N3. The van der Waals surface area contributed by atoms with Crippen molar-refractivity contribution in [2.45, 2.75) is 39.5 Å². The average Bonchev–Trinajstić information content (AvgIpc) is 2.74. The maximum atomic E-state index is 4.54. The van der Waals surface area contributed by atoms with Gasteiger partial charge in [-0.2, -0.15) is 0 Å². The van der Waals surface area contributed by atoms with Crippen LogP contribution in [-0.2, 0) is 6.42 Å². The molecule has 84 valence electrons. The van der Waals surface area contributed by atoms with Crippen LogP contribution in [0.1, 0.15) is 44.6 Å². The fourth-order valence-corrected chi connectivity index (χ4v) is 1.70. The number of allylic oxidation sites excluding steroid dienone is 1. The number of aryl methyl sites for hydroxylation is 1. The highest BCUT2D eigenvalue weighted by atomic mass is 14.9. The third-order valence-electron chi connectivity index (χ3n) is 2.62. The predicted octanol–water partition coefficient (Wildman–Crippen LogP) is 3.02. The molecule has 0 fully saturated rings. The zero-order valence-electron chi connectivity index (χ0n) is 9.90. The molecule has 0 aromatic carbocycles. The quantitative estimate of drug-likeness (QED) is 0.774. The molecule has 0 aliphatic carbocycles. The molecule has 0 saturated heterocycles. The van der Waals surface area contributed by atoms with Gasteiger partial charge in [0.15, 0.2) is 0 Å². The number of unbranched alkanes of at least 4 members (excludes halogenated alkanes) is 1. The molecule has 1 aliphatic heterocycles. The van der Waals surface area contributed by atoms with Crippen LogP contribution in [0.25, 0.3) is 5.70 Å². The van der Waals surface area contributed by atoms with Gasteiger partial charge in [-0.25, -0.2) is 9.97 Å². The van der Waals surface area contributed by atoms with Crippen LogP contribution >= 0.6 is 0 Å². The number of aliphatic imine (C=N–C) groups is 1. The molecule has 1 aromatic heterocycles. The third kappa shape index (κ3) is 2.54. The zero-order chi connectivity index (χ0) is 11.4. The lowest BCUT2D eigenvalue weighted by molar-refractivity contribution is 0.750. The molecule has 3 heteroatoms. The SMILES string of the molecule is CCCCc1nccc(C2=CCC(C)=N2)n1.